The van der Waals surface area contributed by atoms with Crippen LogP contribution in [0.2, 0.25) is 5.02 Å². The predicted octanol–water partition coefficient (Wildman–Crippen LogP) is 5.76. The topological polar surface area (TPSA) is 115 Å². The molecule has 2 N–H and O–H groups in total. The van der Waals surface area contributed by atoms with Crippen LogP contribution in [0.3, 0.4) is 0 Å². The van der Waals surface area contributed by atoms with Crippen LogP contribution in [-0.4, -0.2) is 95.8 Å². The number of carbonyl (C=O) groups excluding carboxylic acids is 2. The van der Waals surface area contributed by atoms with E-state index < -0.39 is 12.2 Å². The van der Waals surface area contributed by atoms with Crippen molar-refractivity contribution in [2.24, 2.45) is 0 Å². The van der Waals surface area contributed by atoms with E-state index in [-0.39, 0.29) is 30.4 Å². The number of thiazole rings is 1. The number of aromatic nitrogens is 1. The van der Waals surface area contributed by atoms with Crippen molar-refractivity contribution < 1.29 is 24.2 Å². The monoisotopic (exact) mass is 698 g/mol. The lowest BCUT2D eigenvalue weighted by Crippen LogP contribution is -2.44. The molecule has 0 radical (unpaired) electrons. The Bertz CT molecular complexity index is 1520. The van der Waals surface area contributed by atoms with Gasteiger partial charge >= 0.3 is 11.0 Å². The van der Waals surface area contributed by atoms with Gasteiger partial charge in [-0.1, -0.05) is 85.3 Å². The second-order valence-electron chi connectivity index (χ2n) is 11.7. The number of aliphatic hydroxyl groups is 1. The smallest absolute Gasteiger partial charge is 0.410 e. The molecule has 1 heterocycles. The van der Waals surface area contributed by atoms with Crippen molar-refractivity contribution in [3.8, 4) is 0 Å². The van der Waals surface area contributed by atoms with E-state index in [2.05, 4.69) is 23.7 Å². The molecule has 0 bridgehead atoms. The van der Waals surface area contributed by atoms with Crippen molar-refractivity contribution in [1.29, 1.82) is 0 Å². The zero-order valence-corrected chi connectivity index (χ0v) is 29.4. The molecular formula is C36H47ClN4O6S. The van der Waals surface area contributed by atoms with E-state index in [0.29, 0.717) is 56.4 Å². The van der Waals surface area contributed by atoms with E-state index in [1.54, 1.807) is 4.90 Å². The number of fused-ring (bicyclic) bond motifs is 1. The summed E-state index contributed by atoms with van der Waals surface area (Å²) in [6, 6.07) is 17.1. The fourth-order valence-corrected chi connectivity index (χ4v) is 6.60. The molecule has 3 aromatic rings. The van der Waals surface area contributed by atoms with Crippen LogP contribution in [0.4, 0.5) is 4.79 Å². The molecule has 48 heavy (non-hydrogen) atoms. The number of hydrogen-bond acceptors (Lipinski definition) is 8. The highest BCUT2D eigenvalue weighted by Gasteiger charge is 2.25. The molecule has 4 rings (SSSR count). The summed E-state index contributed by atoms with van der Waals surface area (Å²) >= 11 is 7.04. The van der Waals surface area contributed by atoms with Gasteiger partial charge in [-0.25, -0.2) is 4.79 Å². The molecule has 0 aliphatic heterocycles. The minimum atomic E-state index is -0.749. The maximum absolute atomic E-state index is 13.5. The third-order valence-corrected chi connectivity index (χ3v) is 9.71. The SMILES string of the molecule is CCN(CC)CCN(CCN(CCC1=CCC(O)c2[nH]c(=O)sc21)C(=O)OCc1ccccc1)C(=O)CCOCCc1ccc(Cl)cc1. The van der Waals surface area contributed by atoms with Gasteiger partial charge in [0.15, 0.2) is 0 Å². The van der Waals surface area contributed by atoms with E-state index in [0.717, 1.165) is 59.0 Å². The van der Waals surface area contributed by atoms with E-state index in [9.17, 15) is 19.5 Å². The second kappa shape index (κ2) is 19.5. The highest BCUT2D eigenvalue weighted by Crippen LogP contribution is 2.35. The average Bonchev–Trinajstić information content (AvgIpc) is 3.50. The van der Waals surface area contributed by atoms with Gasteiger partial charge in [0.1, 0.15) is 6.61 Å². The number of H-pyrrole nitrogens is 1. The van der Waals surface area contributed by atoms with Gasteiger partial charge in [0, 0.05) is 37.7 Å². The number of nitrogens with one attached hydrogen (secondary N) is 1. The van der Waals surface area contributed by atoms with Gasteiger partial charge in [0.05, 0.1) is 36.3 Å². The van der Waals surface area contributed by atoms with Crippen LogP contribution in [-0.2, 0) is 27.3 Å². The number of likely N-dealkylation sites (N-methyl/N-ethyl adjacent to an activating group) is 1. The normalized spacial score (nSPS) is 14.0. The largest absolute Gasteiger partial charge is 0.445 e. The highest BCUT2D eigenvalue weighted by atomic mass is 35.5. The van der Waals surface area contributed by atoms with E-state index in [1.807, 2.05) is 65.6 Å². The molecule has 10 nitrogen and oxygen atoms in total. The molecule has 12 heteroatoms. The third kappa shape index (κ3) is 11.6. The molecule has 260 valence electrons. The number of aromatic amines is 1. The van der Waals surface area contributed by atoms with Gasteiger partial charge in [-0.3, -0.25) is 9.59 Å². The first-order valence-corrected chi connectivity index (χ1v) is 17.8. The second-order valence-corrected chi connectivity index (χ2v) is 13.1. The molecule has 0 spiro atoms. The van der Waals surface area contributed by atoms with Gasteiger partial charge in [-0.2, -0.15) is 0 Å². The van der Waals surface area contributed by atoms with Gasteiger partial charge in [-0.05, 0) is 61.2 Å². The van der Waals surface area contributed by atoms with Crippen molar-refractivity contribution in [3.63, 3.8) is 0 Å². The predicted molar refractivity (Wildman–Crippen MR) is 190 cm³/mol. The summed E-state index contributed by atoms with van der Waals surface area (Å²) in [5.74, 6) is -0.0306. The van der Waals surface area contributed by atoms with Crippen LogP contribution in [0.25, 0.3) is 5.57 Å². The molecule has 1 unspecified atom stereocenters. The Hall–Kier alpha value is -3.48. The number of benzene rings is 2. The Labute approximate surface area is 291 Å². The summed E-state index contributed by atoms with van der Waals surface area (Å²) in [6.07, 6.45) is 2.54. The van der Waals surface area contributed by atoms with Gasteiger partial charge in [-0.15, -0.1) is 0 Å². The molecule has 2 amide bonds. The van der Waals surface area contributed by atoms with Crippen molar-refractivity contribution in [1.82, 2.24) is 19.7 Å². The fourth-order valence-electron chi connectivity index (χ4n) is 5.52. The van der Waals surface area contributed by atoms with Crippen LogP contribution in [0.1, 0.15) is 60.9 Å². The molecule has 1 aromatic heterocycles. The third-order valence-electron chi connectivity index (χ3n) is 8.48. The van der Waals surface area contributed by atoms with Crippen molar-refractivity contribution >= 4 is 40.5 Å². The number of aliphatic hydroxyl groups excluding tert-OH is 1. The number of hydrogen-bond donors (Lipinski definition) is 2. The zero-order chi connectivity index (χ0) is 34.3. The van der Waals surface area contributed by atoms with Crippen LogP contribution in [0.5, 0.6) is 0 Å². The lowest BCUT2D eigenvalue weighted by atomic mass is 9.97. The molecule has 1 aliphatic carbocycles. The van der Waals surface area contributed by atoms with Gasteiger partial charge < -0.3 is 34.3 Å². The van der Waals surface area contributed by atoms with Crippen LogP contribution < -0.4 is 4.87 Å². The number of halogens is 1. The number of rotatable bonds is 19. The first kappa shape index (κ1) is 37.3. The molecule has 2 aromatic carbocycles. The Kier molecular flexibility index (Phi) is 15.2. The molecule has 1 aliphatic rings. The lowest BCUT2D eigenvalue weighted by Gasteiger charge is -2.30. The van der Waals surface area contributed by atoms with Gasteiger partial charge in [0.2, 0.25) is 5.91 Å². The Balaban J connectivity index is 1.39. The quantitative estimate of drug-likeness (QED) is 0.153. The summed E-state index contributed by atoms with van der Waals surface area (Å²) in [5, 5.41) is 11.1. The fraction of sp³-hybridized carbons (Fsp3) is 0.472. The number of nitrogens with zero attached hydrogens (tertiary/aromatic N) is 3. The Morgan fingerprint density at radius 3 is 2.35 bits per heavy atom. The standard InChI is InChI=1S/C36H47ClN4O6S/c1-3-39(4-2)20-21-40(32(43)18-25-46-24-17-27-10-13-30(37)14-11-27)22-23-41(36(45)47-26-28-8-6-5-7-9-28)19-16-29-12-15-31(42)33-34(29)48-35(44)38-33/h5-14,31,42H,3-4,15-26H2,1-2H3,(H,38,44). The molecular weight excluding hydrogens is 652 g/mol. The minimum absolute atomic E-state index is 0.0306. The summed E-state index contributed by atoms with van der Waals surface area (Å²) in [4.78, 5) is 48.0. The van der Waals surface area contributed by atoms with E-state index in [4.69, 9.17) is 21.1 Å². The maximum atomic E-state index is 13.5. The minimum Gasteiger partial charge on any atom is -0.445 e. The average molecular weight is 699 g/mol. The first-order valence-electron chi connectivity index (χ1n) is 16.7. The van der Waals surface area contributed by atoms with E-state index in [1.165, 1.54) is 0 Å². The Morgan fingerprint density at radius 2 is 1.62 bits per heavy atom. The van der Waals surface area contributed by atoms with E-state index >= 15 is 0 Å². The lowest BCUT2D eigenvalue weighted by molar-refractivity contribution is -0.132. The number of ether oxygens (including phenoxy) is 2. The van der Waals surface area contributed by atoms with Gasteiger partial charge in [0.25, 0.3) is 0 Å². The summed E-state index contributed by atoms with van der Waals surface area (Å²) in [5.41, 5.74) is 3.44. The number of amides is 2. The summed E-state index contributed by atoms with van der Waals surface area (Å²) in [6.45, 7) is 9.08. The van der Waals surface area contributed by atoms with Crippen molar-refractivity contribution in [3.05, 3.63) is 97.1 Å². The highest BCUT2D eigenvalue weighted by molar-refractivity contribution is 7.10. The molecule has 0 saturated heterocycles. The van der Waals surface area contributed by atoms with Crippen LogP contribution >= 0.6 is 22.9 Å². The molecule has 1 atom stereocenters. The Morgan fingerprint density at radius 1 is 0.917 bits per heavy atom. The number of carbonyl (C=O) groups is 2. The van der Waals surface area contributed by atoms with Crippen LogP contribution in [0, 0.1) is 0 Å². The first-order chi connectivity index (χ1) is 23.3. The van der Waals surface area contributed by atoms with Crippen molar-refractivity contribution in [2.75, 3.05) is 59.0 Å². The van der Waals surface area contributed by atoms with Crippen LogP contribution in [0.15, 0.2) is 65.5 Å². The zero-order valence-electron chi connectivity index (χ0n) is 27.9. The summed E-state index contributed by atoms with van der Waals surface area (Å²) in [7, 11) is 0. The molecule has 0 saturated carbocycles. The van der Waals surface area contributed by atoms with Crippen molar-refractivity contribution in [2.45, 2.75) is 52.2 Å². The maximum Gasteiger partial charge on any atom is 0.410 e. The molecule has 0 fully saturated rings. The summed E-state index contributed by atoms with van der Waals surface area (Å²) < 4.78 is 11.5.